The number of amides is 1. The zero-order valence-corrected chi connectivity index (χ0v) is 23.4. The topological polar surface area (TPSA) is 122 Å². The predicted octanol–water partition coefficient (Wildman–Crippen LogP) is 5.52. The number of likely N-dealkylation sites (N-methyl/N-ethyl adjacent to an activating group) is 2. The second kappa shape index (κ2) is 13.4. The number of rotatable bonds is 12. The Kier molecular flexibility index (Phi) is 9.46. The lowest BCUT2D eigenvalue weighted by Gasteiger charge is -2.26. The Morgan fingerprint density at radius 3 is 2.71 bits per heavy atom. The van der Waals surface area contributed by atoms with Crippen molar-refractivity contribution in [2.24, 2.45) is 0 Å². The van der Waals surface area contributed by atoms with Crippen LogP contribution in [0.2, 0.25) is 0 Å². The van der Waals surface area contributed by atoms with Gasteiger partial charge in [-0.15, -0.1) is 0 Å². The van der Waals surface area contributed by atoms with Crippen molar-refractivity contribution in [3.8, 4) is 23.1 Å². The van der Waals surface area contributed by atoms with Gasteiger partial charge in [0, 0.05) is 54.9 Å². The summed E-state index contributed by atoms with van der Waals surface area (Å²) < 4.78 is 32.0. The predicted molar refractivity (Wildman–Crippen MR) is 160 cm³/mol. The number of benzene rings is 2. The first-order valence-corrected chi connectivity index (χ1v) is 12.9. The Labute approximate surface area is 241 Å². The molecule has 10 nitrogen and oxygen atoms in total. The van der Waals surface area contributed by atoms with E-state index in [-0.39, 0.29) is 22.9 Å². The average molecular weight is 573 g/mol. The highest BCUT2D eigenvalue weighted by Gasteiger charge is 2.20. The zero-order chi connectivity index (χ0) is 30.2. The van der Waals surface area contributed by atoms with Crippen LogP contribution < -0.4 is 20.3 Å². The maximum Gasteiger partial charge on any atom is 0.387 e. The van der Waals surface area contributed by atoms with Gasteiger partial charge in [-0.1, -0.05) is 36.9 Å². The van der Waals surface area contributed by atoms with E-state index in [0.717, 1.165) is 10.9 Å². The largest absolute Gasteiger partial charge is 0.433 e. The molecule has 216 valence electrons. The quantitative estimate of drug-likeness (QED) is 0.150. The number of aromatic amines is 1. The molecule has 0 aliphatic rings. The van der Waals surface area contributed by atoms with Gasteiger partial charge in [-0.05, 0) is 26.2 Å². The molecule has 0 saturated heterocycles. The first-order valence-electron chi connectivity index (χ1n) is 12.9. The van der Waals surface area contributed by atoms with Crippen LogP contribution in [0.5, 0.6) is 5.75 Å². The number of fused-ring (bicyclic) bond motifs is 1. The lowest BCUT2D eigenvalue weighted by molar-refractivity contribution is -0.111. The third-order valence-electron chi connectivity index (χ3n) is 6.25. The van der Waals surface area contributed by atoms with E-state index >= 15 is 0 Å². The molecule has 12 heteroatoms. The van der Waals surface area contributed by atoms with Gasteiger partial charge in [0.2, 0.25) is 11.9 Å². The van der Waals surface area contributed by atoms with Gasteiger partial charge in [0.1, 0.15) is 6.07 Å². The molecule has 4 rings (SSSR count). The number of carbonyl (C=O) groups excluding carboxylic acids is 1. The van der Waals surface area contributed by atoms with Crippen LogP contribution >= 0.6 is 0 Å². The van der Waals surface area contributed by atoms with Crippen LogP contribution in [0.4, 0.5) is 31.8 Å². The summed E-state index contributed by atoms with van der Waals surface area (Å²) in [5, 5.41) is 16.3. The van der Waals surface area contributed by atoms with Crippen LogP contribution in [0, 0.1) is 11.3 Å². The smallest absolute Gasteiger partial charge is 0.387 e. The minimum absolute atomic E-state index is 0.0333. The van der Waals surface area contributed by atoms with Crippen molar-refractivity contribution in [1.82, 2.24) is 19.9 Å². The number of ether oxygens (including phenoxy) is 1. The van der Waals surface area contributed by atoms with Crippen molar-refractivity contribution >= 4 is 39.8 Å². The molecular weight excluding hydrogens is 542 g/mol. The number of aromatic nitrogens is 3. The molecule has 0 aliphatic carbocycles. The minimum Gasteiger partial charge on any atom is -0.433 e. The summed E-state index contributed by atoms with van der Waals surface area (Å²) in [7, 11) is 5.61. The van der Waals surface area contributed by atoms with Gasteiger partial charge in [-0.2, -0.15) is 14.0 Å². The van der Waals surface area contributed by atoms with Crippen molar-refractivity contribution in [3.63, 3.8) is 0 Å². The molecular formula is C30H30F2N8O2. The van der Waals surface area contributed by atoms with Crippen LogP contribution in [0.1, 0.15) is 5.56 Å². The molecule has 2 aromatic carbocycles. The highest BCUT2D eigenvalue weighted by atomic mass is 19.3. The van der Waals surface area contributed by atoms with Gasteiger partial charge in [0.05, 0.1) is 34.5 Å². The van der Waals surface area contributed by atoms with E-state index in [0.29, 0.717) is 35.7 Å². The maximum absolute atomic E-state index is 13.5. The van der Waals surface area contributed by atoms with Gasteiger partial charge >= 0.3 is 6.61 Å². The fourth-order valence-corrected chi connectivity index (χ4v) is 4.19. The fraction of sp³-hybridized carbons (Fsp3) is 0.200. The van der Waals surface area contributed by atoms with E-state index in [1.165, 1.54) is 36.6 Å². The Balaban J connectivity index is 1.79. The Hall–Kier alpha value is -5.28. The monoisotopic (exact) mass is 572 g/mol. The van der Waals surface area contributed by atoms with Crippen molar-refractivity contribution < 1.29 is 18.3 Å². The number of H-pyrrole nitrogens is 1. The second-order valence-electron chi connectivity index (χ2n) is 9.49. The number of para-hydroxylation sites is 1. The summed E-state index contributed by atoms with van der Waals surface area (Å²) in [6.45, 7) is 1.65. The van der Waals surface area contributed by atoms with Crippen molar-refractivity contribution in [1.29, 1.82) is 5.26 Å². The average Bonchev–Trinajstić information content (AvgIpc) is 3.40. The van der Waals surface area contributed by atoms with Crippen LogP contribution in [0.3, 0.4) is 0 Å². The number of alkyl halides is 2. The summed E-state index contributed by atoms with van der Waals surface area (Å²) in [5.41, 5.74) is 3.00. The molecule has 2 aromatic heterocycles. The number of hydrogen-bond donors (Lipinski definition) is 3. The number of nitrogens with one attached hydrogen (secondary N) is 3. The van der Waals surface area contributed by atoms with Gasteiger partial charge < -0.3 is 30.2 Å². The van der Waals surface area contributed by atoms with E-state index in [1.807, 2.05) is 48.2 Å². The van der Waals surface area contributed by atoms with Gasteiger partial charge in [0.25, 0.3) is 0 Å². The Morgan fingerprint density at radius 2 is 2.00 bits per heavy atom. The number of anilines is 4. The van der Waals surface area contributed by atoms with Gasteiger partial charge in [-0.25, -0.2) is 9.97 Å². The summed E-state index contributed by atoms with van der Waals surface area (Å²) in [5.74, 6) is -0.592. The highest BCUT2D eigenvalue weighted by molar-refractivity contribution is 6.02. The lowest BCUT2D eigenvalue weighted by atomic mass is 10.1. The number of halogens is 2. The molecule has 0 spiro atoms. The number of nitrogens with zero attached hydrogens (tertiary/aromatic N) is 5. The van der Waals surface area contributed by atoms with Crippen molar-refractivity contribution in [2.45, 2.75) is 6.61 Å². The highest BCUT2D eigenvalue weighted by Crippen LogP contribution is 2.39. The van der Waals surface area contributed by atoms with Crippen LogP contribution in [-0.2, 0) is 4.79 Å². The molecule has 3 N–H and O–H groups in total. The van der Waals surface area contributed by atoms with E-state index in [2.05, 4.69) is 38.2 Å². The summed E-state index contributed by atoms with van der Waals surface area (Å²) >= 11 is 0. The van der Waals surface area contributed by atoms with E-state index in [1.54, 1.807) is 13.2 Å². The molecule has 0 unspecified atom stereocenters. The second-order valence-corrected chi connectivity index (χ2v) is 9.49. The van der Waals surface area contributed by atoms with E-state index in [9.17, 15) is 18.8 Å². The Morgan fingerprint density at radius 1 is 1.21 bits per heavy atom. The molecule has 0 radical (unpaired) electrons. The molecule has 2 heterocycles. The van der Waals surface area contributed by atoms with Crippen LogP contribution in [-0.4, -0.2) is 66.6 Å². The third-order valence-corrected chi connectivity index (χ3v) is 6.25. The molecule has 0 aliphatic heterocycles. The molecule has 0 atom stereocenters. The summed E-state index contributed by atoms with van der Waals surface area (Å²) in [6.07, 6.45) is 7.33. The number of hydrogen-bond acceptors (Lipinski definition) is 8. The number of nitriles is 1. The van der Waals surface area contributed by atoms with Crippen molar-refractivity contribution in [2.75, 3.05) is 49.8 Å². The summed E-state index contributed by atoms with van der Waals surface area (Å²) in [4.78, 5) is 28.3. The number of allylic oxidation sites excluding steroid dienone is 2. The fourth-order valence-electron chi connectivity index (χ4n) is 4.19. The van der Waals surface area contributed by atoms with Gasteiger partial charge in [-0.3, -0.25) is 4.79 Å². The molecule has 1 amide bonds. The van der Waals surface area contributed by atoms with E-state index in [4.69, 9.17) is 4.74 Å². The zero-order valence-electron chi connectivity index (χ0n) is 23.4. The Bertz CT molecular complexity index is 1660. The lowest BCUT2D eigenvalue weighted by Crippen LogP contribution is -2.29. The first-order chi connectivity index (χ1) is 20.2. The summed E-state index contributed by atoms with van der Waals surface area (Å²) in [6, 6.07) is 12.6. The molecule has 4 aromatic rings. The SMILES string of the molecule is C=C/C=C/C(=O)Nc1cc(Nc2ncc(C#N)c(-c3c[nH]c4ccccc34)n2)c(OC(F)F)cc1N(C)CCN(C)C. The first kappa shape index (κ1) is 29.7. The van der Waals surface area contributed by atoms with Gasteiger partial charge in [0.15, 0.2) is 5.75 Å². The number of carbonyl (C=O) groups is 1. The standard InChI is InChI=1S/C30H30F2N8O2/c1-5-6-11-27(41)36-23-14-24(26(42-29(31)32)15-25(23)40(4)13-12-39(2)3)37-30-35-17-19(16-33)28(38-30)21-18-34-22-10-8-7-9-20(21)22/h5-11,14-15,17-18,29,34H,1,12-13H2,2-4H3,(H,36,41)(H,35,37,38)/b11-6+. The van der Waals surface area contributed by atoms with Crippen LogP contribution in [0.15, 0.2) is 73.6 Å². The molecule has 0 bridgehead atoms. The molecule has 0 fully saturated rings. The van der Waals surface area contributed by atoms with E-state index < -0.39 is 12.5 Å². The van der Waals surface area contributed by atoms with Crippen LogP contribution in [0.25, 0.3) is 22.2 Å². The minimum atomic E-state index is -3.12. The van der Waals surface area contributed by atoms with Crippen molar-refractivity contribution in [3.05, 3.63) is 79.2 Å². The normalized spacial score (nSPS) is 11.2. The third kappa shape index (κ3) is 7.07. The maximum atomic E-state index is 13.5. The molecule has 0 saturated carbocycles. The molecule has 42 heavy (non-hydrogen) atoms.